The standard InChI is InChI=1S/C17H12ClNO3/c1-9-6-7-13-12(8-9)19-16-14(18)15(20)10-4-2-3-5-11(10)17(16,21)22-13/h2-8,19,21H,1H3. The molecule has 2 N–H and O–H groups in total. The number of hydrogen-bond acceptors (Lipinski definition) is 4. The Morgan fingerprint density at radius 2 is 2.00 bits per heavy atom. The van der Waals surface area contributed by atoms with Crippen LogP contribution in [0.5, 0.6) is 5.75 Å². The number of aryl methyl sites for hydroxylation is 1. The Labute approximate surface area is 132 Å². The van der Waals surface area contributed by atoms with Crippen LogP contribution < -0.4 is 10.1 Å². The lowest BCUT2D eigenvalue weighted by Crippen LogP contribution is -2.45. The Morgan fingerprint density at radius 1 is 1.23 bits per heavy atom. The van der Waals surface area contributed by atoms with Gasteiger partial charge in [0.05, 0.1) is 5.69 Å². The second-order valence-electron chi connectivity index (χ2n) is 5.43. The van der Waals surface area contributed by atoms with Gasteiger partial charge >= 0.3 is 0 Å². The van der Waals surface area contributed by atoms with Gasteiger partial charge in [0.15, 0.2) is 0 Å². The van der Waals surface area contributed by atoms with E-state index in [1.54, 1.807) is 30.3 Å². The molecule has 0 radical (unpaired) electrons. The molecule has 22 heavy (non-hydrogen) atoms. The van der Waals surface area contributed by atoms with Gasteiger partial charge in [0.2, 0.25) is 5.78 Å². The third-order valence-corrected chi connectivity index (χ3v) is 4.31. The largest absolute Gasteiger partial charge is 0.450 e. The van der Waals surface area contributed by atoms with Crippen molar-refractivity contribution in [2.24, 2.45) is 0 Å². The molecule has 2 aromatic carbocycles. The topological polar surface area (TPSA) is 58.6 Å². The fourth-order valence-corrected chi connectivity index (χ4v) is 3.14. The number of fused-ring (bicyclic) bond motifs is 4. The zero-order chi connectivity index (χ0) is 15.5. The van der Waals surface area contributed by atoms with Crippen molar-refractivity contribution < 1.29 is 14.6 Å². The molecule has 0 saturated heterocycles. The van der Waals surface area contributed by atoms with Gasteiger partial charge < -0.3 is 15.2 Å². The van der Waals surface area contributed by atoms with Crippen LogP contribution >= 0.6 is 11.6 Å². The normalized spacial score (nSPS) is 22.2. The fraction of sp³-hybridized carbons (Fsp3) is 0.118. The van der Waals surface area contributed by atoms with E-state index in [4.69, 9.17) is 16.3 Å². The highest BCUT2D eigenvalue weighted by atomic mass is 35.5. The molecular formula is C17H12ClNO3. The molecular weight excluding hydrogens is 302 g/mol. The van der Waals surface area contributed by atoms with E-state index in [-0.39, 0.29) is 16.5 Å². The van der Waals surface area contributed by atoms with Crippen LogP contribution in [0.15, 0.2) is 53.2 Å². The monoisotopic (exact) mass is 313 g/mol. The van der Waals surface area contributed by atoms with E-state index in [0.29, 0.717) is 22.6 Å². The minimum absolute atomic E-state index is 0.0617. The molecule has 1 aliphatic heterocycles. The first-order valence-corrected chi connectivity index (χ1v) is 7.22. The van der Waals surface area contributed by atoms with Crippen molar-refractivity contribution in [3.63, 3.8) is 0 Å². The summed E-state index contributed by atoms with van der Waals surface area (Å²) in [6.07, 6.45) is 0. The average molecular weight is 314 g/mol. The number of carbonyl (C=O) groups is 1. The number of anilines is 1. The average Bonchev–Trinajstić information content (AvgIpc) is 2.52. The third kappa shape index (κ3) is 1.65. The zero-order valence-electron chi connectivity index (χ0n) is 11.7. The molecule has 1 atom stereocenters. The molecule has 1 heterocycles. The molecule has 0 aromatic heterocycles. The third-order valence-electron chi connectivity index (χ3n) is 3.95. The van der Waals surface area contributed by atoms with Crippen LogP contribution in [0.2, 0.25) is 0 Å². The van der Waals surface area contributed by atoms with Crippen LogP contribution in [-0.2, 0) is 5.79 Å². The molecule has 4 rings (SSSR count). The van der Waals surface area contributed by atoms with Gasteiger partial charge in [0, 0.05) is 11.1 Å². The Hall–Kier alpha value is -2.30. The first kappa shape index (κ1) is 13.4. The summed E-state index contributed by atoms with van der Waals surface area (Å²) < 4.78 is 5.82. The maximum atomic E-state index is 12.4. The molecule has 1 aliphatic carbocycles. The number of ketones is 1. The predicted octanol–water partition coefficient (Wildman–Crippen LogP) is 3.29. The van der Waals surface area contributed by atoms with Crippen molar-refractivity contribution >= 4 is 23.1 Å². The molecule has 0 saturated carbocycles. The summed E-state index contributed by atoms with van der Waals surface area (Å²) in [4.78, 5) is 12.4. The SMILES string of the molecule is Cc1ccc2c(c1)NC1=C(Cl)C(=O)c3ccccc3C1(O)O2. The van der Waals surface area contributed by atoms with Gasteiger partial charge in [-0.25, -0.2) is 0 Å². The van der Waals surface area contributed by atoms with E-state index >= 15 is 0 Å². The van der Waals surface area contributed by atoms with Crippen molar-refractivity contribution in [3.8, 4) is 5.75 Å². The summed E-state index contributed by atoms with van der Waals surface area (Å²) in [5.74, 6) is -1.61. The molecule has 0 amide bonds. The summed E-state index contributed by atoms with van der Waals surface area (Å²) >= 11 is 6.19. The molecule has 4 nitrogen and oxygen atoms in total. The highest BCUT2D eigenvalue weighted by Gasteiger charge is 2.49. The lowest BCUT2D eigenvalue weighted by Gasteiger charge is -2.40. The molecule has 2 aliphatic rings. The van der Waals surface area contributed by atoms with Crippen LogP contribution in [-0.4, -0.2) is 10.9 Å². The van der Waals surface area contributed by atoms with E-state index < -0.39 is 5.79 Å². The van der Waals surface area contributed by atoms with Crippen molar-refractivity contribution in [2.75, 3.05) is 5.32 Å². The molecule has 2 aromatic rings. The van der Waals surface area contributed by atoms with Gasteiger partial charge in [-0.3, -0.25) is 4.79 Å². The molecule has 0 spiro atoms. The highest BCUT2D eigenvalue weighted by Crippen LogP contribution is 2.47. The molecule has 0 bridgehead atoms. The second kappa shape index (κ2) is 4.35. The number of aliphatic hydroxyl groups is 1. The molecule has 110 valence electrons. The summed E-state index contributed by atoms with van der Waals surface area (Å²) in [5.41, 5.74) is 2.59. The summed E-state index contributed by atoms with van der Waals surface area (Å²) in [5, 5.41) is 14.1. The van der Waals surface area contributed by atoms with Crippen molar-refractivity contribution in [2.45, 2.75) is 12.7 Å². The van der Waals surface area contributed by atoms with Crippen molar-refractivity contribution in [1.29, 1.82) is 0 Å². The van der Waals surface area contributed by atoms with E-state index in [0.717, 1.165) is 5.56 Å². The molecule has 5 heteroatoms. The number of hydrogen-bond donors (Lipinski definition) is 2. The summed E-state index contributed by atoms with van der Waals surface area (Å²) in [6, 6.07) is 12.3. The minimum Gasteiger partial charge on any atom is -0.450 e. The van der Waals surface area contributed by atoms with Crippen LogP contribution in [0.3, 0.4) is 0 Å². The van der Waals surface area contributed by atoms with E-state index in [9.17, 15) is 9.90 Å². The summed E-state index contributed by atoms with van der Waals surface area (Å²) in [6.45, 7) is 1.94. The smallest absolute Gasteiger partial charge is 0.279 e. The van der Waals surface area contributed by atoms with Crippen molar-refractivity contribution in [1.82, 2.24) is 0 Å². The predicted molar refractivity (Wildman–Crippen MR) is 83.0 cm³/mol. The number of allylic oxidation sites excluding steroid dienone is 1. The Balaban J connectivity index is 1.99. The second-order valence-corrected chi connectivity index (χ2v) is 5.81. The minimum atomic E-state index is -1.79. The maximum absolute atomic E-state index is 12.4. The molecule has 1 unspecified atom stereocenters. The van der Waals surface area contributed by atoms with Crippen LogP contribution in [0.25, 0.3) is 0 Å². The zero-order valence-corrected chi connectivity index (χ0v) is 12.4. The Morgan fingerprint density at radius 3 is 2.82 bits per heavy atom. The Kier molecular flexibility index (Phi) is 2.64. The van der Waals surface area contributed by atoms with E-state index in [2.05, 4.69) is 5.32 Å². The first-order valence-electron chi connectivity index (χ1n) is 6.84. The van der Waals surface area contributed by atoms with E-state index in [1.165, 1.54) is 0 Å². The maximum Gasteiger partial charge on any atom is 0.279 e. The van der Waals surface area contributed by atoms with Crippen LogP contribution in [0, 0.1) is 6.92 Å². The Bertz CT molecular complexity index is 859. The fourth-order valence-electron chi connectivity index (χ4n) is 2.86. The van der Waals surface area contributed by atoms with Gasteiger partial charge in [-0.05, 0) is 24.6 Å². The van der Waals surface area contributed by atoms with Gasteiger partial charge in [0.1, 0.15) is 16.5 Å². The quantitative estimate of drug-likeness (QED) is 0.783. The van der Waals surface area contributed by atoms with E-state index in [1.807, 2.05) is 19.1 Å². The first-order chi connectivity index (χ1) is 10.5. The molecule has 0 fully saturated rings. The van der Waals surface area contributed by atoms with Gasteiger partial charge in [-0.2, -0.15) is 0 Å². The number of Topliss-reactive ketones (excluding diaryl/α,β-unsaturated/α-hetero) is 1. The van der Waals surface area contributed by atoms with Crippen LogP contribution in [0.4, 0.5) is 5.69 Å². The van der Waals surface area contributed by atoms with Crippen molar-refractivity contribution in [3.05, 3.63) is 69.9 Å². The lowest BCUT2D eigenvalue weighted by molar-refractivity contribution is -0.115. The number of rotatable bonds is 0. The highest BCUT2D eigenvalue weighted by molar-refractivity contribution is 6.46. The van der Waals surface area contributed by atoms with Gasteiger partial charge in [-0.1, -0.05) is 41.9 Å². The van der Waals surface area contributed by atoms with Gasteiger partial charge in [0.25, 0.3) is 5.79 Å². The summed E-state index contributed by atoms with van der Waals surface area (Å²) in [7, 11) is 0. The number of ether oxygens (including phenoxy) is 1. The lowest BCUT2D eigenvalue weighted by atomic mass is 9.87. The van der Waals surface area contributed by atoms with Gasteiger partial charge in [-0.15, -0.1) is 0 Å². The van der Waals surface area contributed by atoms with Crippen LogP contribution in [0.1, 0.15) is 21.5 Å². The number of halogens is 1. The number of nitrogens with one attached hydrogen (secondary N) is 1. The number of benzene rings is 2. The number of carbonyl (C=O) groups excluding carboxylic acids is 1.